The van der Waals surface area contributed by atoms with Crippen LogP contribution in [0.5, 0.6) is 5.75 Å². The van der Waals surface area contributed by atoms with Crippen LogP contribution in [0.1, 0.15) is 26.3 Å². The van der Waals surface area contributed by atoms with E-state index in [1.54, 1.807) is 19.9 Å². The van der Waals surface area contributed by atoms with E-state index in [2.05, 4.69) is 10.6 Å². The van der Waals surface area contributed by atoms with Crippen molar-refractivity contribution in [2.24, 2.45) is 5.92 Å². The number of nitrogens with one attached hydrogen (secondary N) is 2. The minimum atomic E-state index is -0.154. The number of rotatable bonds is 3. The fraction of sp³-hybridized carbons (Fsp3) is 0.385. The van der Waals surface area contributed by atoms with Gasteiger partial charge in [-0.2, -0.15) is 0 Å². The van der Waals surface area contributed by atoms with E-state index in [-0.39, 0.29) is 22.7 Å². The molecule has 0 aromatic heterocycles. The summed E-state index contributed by atoms with van der Waals surface area (Å²) in [5.74, 6) is -0.188. The highest BCUT2D eigenvalue weighted by Crippen LogP contribution is 2.24. The number of hydrogen-bond acceptors (Lipinski definition) is 3. The molecule has 5 heteroatoms. The van der Waals surface area contributed by atoms with Gasteiger partial charge in [-0.05, 0) is 36.3 Å². The van der Waals surface area contributed by atoms with E-state index >= 15 is 0 Å². The molecule has 0 heterocycles. The summed E-state index contributed by atoms with van der Waals surface area (Å²) in [5.41, 5.74) is 1.58. The Morgan fingerprint density at radius 3 is 2.67 bits per heavy atom. The summed E-state index contributed by atoms with van der Waals surface area (Å²) in [6.07, 6.45) is 0.861. The number of carbonyl (C=O) groups is 1. The fourth-order valence-corrected chi connectivity index (χ4v) is 1.52. The van der Waals surface area contributed by atoms with Gasteiger partial charge < -0.3 is 15.7 Å². The minimum Gasteiger partial charge on any atom is -0.506 e. The molecule has 0 fully saturated rings. The zero-order valence-corrected chi connectivity index (χ0v) is 11.6. The largest absolute Gasteiger partial charge is 0.506 e. The quantitative estimate of drug-likeness (QED) is 0.581. The zero-order valence-electron chi connectivity index (χ0n) is 10.8. The maximum atomic E-state index is 11.5. The number of thiocarbonyl (C=S) groups is 1. The Bertz CT molecular complexity index is 458. The third-order valence-electron chi connectivity index (χ3n) is 2.48. The van der Waals surface area contributed by atoms with E-state index in [1.807, 2.05) is 19.1 Å². The van der Waals surface area contributed by atoms with Crippen LogP contribution < -0.4 is 10.6 Å². The Morgan fingerprint density at radius 1 is 1.44 bits per heavy atom. The molecule has 0 aliphatic rings. The van der Waals surface area contributed by atoms with Crippen molar-refractivity contribution in [3.63, 3.8) is 0 Å². The molecule has 1 rings (SSSR count). The van der Waals surface area contributed by atoms with Crippen LogP contribution in [0, 0.1) is 5.92 Å². The van der Waals surface area contributed by atoms with Crippen LogP contribution in [0.4, 0.5) is 5.69 Å². The molecular formula is C13H18N2O2S. The van der Waals surface area contributed by atoms with Gasteiger partial charge in [0.05, 0.1) is 5.69 Å². The summed E-state index contributed by atoms with van der Waals surface area (Å²) < 4.78 is 0. The van der Waals surface area contributed by atoms with Gasteiger partial charge in [0, 0.05) is 5.92 Å². The highest BCUT2D eigenvalue weighted by molar-refractivity contribution is 7.80. The molecule has 98 valence electrons. The summed E-state index contributed by atoms with van der Waals surface area (Å²) in [6, 6.07) is 5.26. The van der Waals surface area contributed by atoms with Crippen molar-refractivity contribution in [3.05, 3.63) is 23.8 Å². The monoisotopic (exact) mass is 266 g/mol. The first-order valence-electron chi connectivity index (χ1n) is 5.87. The molecule has 0 aliphatic carbocycles. The van der Waals surface area contributed by atoms with Crippen LogP contribution in [0.25, 0.3) is 0 Å². The first kappa shape index (κ1) is 14.4. The number of aromatic hydroxyl groups is 1. The van der Waals surface area contributed by atoms with Gasteiger partial charge >= 0.3 is 0 Å². The Morgan fingerprint density at radius 2 is 2.11 bits per heavy atom. The third-order valence-corrected chi connectivity index (χ3v) is 2.68. The lowest BCUT2D eigenvalue weighted by molar-refractivity contribution is -0.122. The van der Waals surface area contributed by atoms with Crippen LogP contribution in [0.3, 0.4) is 0 Å². The van der Waals surface area contributed by atoms with Crippen LogP contribution in [-0.2, 0) is 11.2 Å². The van der Waals surface area contributed by atoms with Crippen LogP contribution in [-0.4, -0.2) is 16.1 Å². The minimum absolute atomic E-state index is 0.105. The maximum absolute atomic E-state index is 11.5. The molecule has 18 heavy (non-hydrogen) atoms. The second-order valence-electron chi connectivity index (χ2n) is 4.30. The summed E-state index contributed by atoms with van der Waals surface area (Å²) in [5, 5.41) is 15.3. The van der Waals surface area contributed by atoms with Crippen molar-refractivity contribution < 1.29 is 9.90 Å². The molecule has 0 bridgehead atoms. The highest BCUT2D eigenvalue weighted by Gasteiger charge is 2.10. The maximum Gasteiger partial charge on any atom is 0.228 e. The second kappa shape index (κ2) is 6.35. The number of carbonyl (C=O) groups excluding carboxylic acids is 1. The number of aryl methyl sites for hydroxylation is 1. The number of benzene rings is 1. The Labute approximate surface area is 112 Å². The van der Waals surface area contributed by atoms with Crippen molar-refractivity contribution in [2.75, 3.05) is 5.32 Å². The summed E-state index contributed by atoms with van der Waals surface area (Å²) in [7, 11) is 0. The van der Waals surface area contributed by atoms with Gasteiger partial charge in [0.1, 0.15) is 5.75 Å². The average molecular weight is 266 g/mol. The average Bonchev–Trinajstić information content (AvgIpc) is 2.31. The van der Waals surface area contributed by atoms with E-state index in [0.717, 1.165) is 12.0 Å². The first-order chi connectivity index (χ1) is 8.43. The molecule has 0 unspecified atom stereocenters. The van der Waals surface area contributed by atoms with Gasteiger partial charge in [0.2, 0.25) is 5.91 Å². The van der Waals surface area contributed by atoms with Gasteiger partial charge in [-0.25, -0.2) is 0 Å². The molecule has 0 aliphatic heterocycles. The first-order valence-corrected chi connectivity index (χ1v) is 6.28. The van der Waals surface area contributed by atoms with Gasteiger partial charge in [-0.1, -0.05) is 26.8 Å². The third kappa shape index (κ3) is 4.00. The SMILES string of the molecule is CCc1ccc(O)c(NC(=S)NC(=O)C(C)C)c1. The Hall–Kier alpha value is -1.62. The Kier molecular flexibility index (Phi) is 5.09. The lowest BCUT2D eigenvalue weighted by Crippen LogP contribution is -2.36. The van der Waals surface area contributed by atoms with E-state index in [4.69, 9.17) is 12.2 Å². The topological polar surface area (TPSA) is 61.4 Å². The van der Waals surface area contributed by atoms with Crippen molar-refractivity contribution >= 4 is 28.9 Å². The molecular weight excluding hydrogens is 248 g/mol. The molecule has 1 aromatic rings. The molecule has 4 nitrogen and oxygen atoms in total. The van der Waals surface area contributed by atoms with Crippen molar-refractivity contribution in [1.82, 2.24) is 5.32 Å². The van der Waals surface area contributed by atoms with E-state index < -0.39 is 0 Å². The Balaban J connectivity index is 2.72. The number of phenolic OH excluding ortho intramolecular Hbond substituents is 1. The predicted octanol–water partition coefficient (Wildman–Crippen LogP) is 2.42. The molecule has 0 saturated heterocycles. The molecule has 0 saturated carbocycles. The highest BCUT2D eigenvalue weighted by atomic mass is 32.1. The second-order valence-corrected chi connectivity index (χ2v) is 4.71. The van der Waals surface area contributed by atoms with Gasteiger partial charge in [0.25, 0.3) is 0 Å². The zero-order chi connectivity index (χ0) is 13.7. The van der Waals surface area contributed by atoms with Crippen molar-refractivity contribution in [2.45, 2.75) is 27.2 Å². The molecule has 0 atom stereocenters. The summed E-state index contributed by atoms with van der Waals surface area (Å²) in [6.45, 7) is 5.59. The van der Waals surface area contributed by atoms with Crippen molar-refractivity contribution in [1.29, 1.82) is 0 Å². The smallest absolute Gasteiger partial charge is 0.228 e. The molecule has 0 spiro atoms. The number of amides is 1. The van der Waals surface area contributed by atoms with E-state index in [9.17, 15) is 9.90 Å². The van der Waals surface area contributed by atoms with E-state index in [1.165, 1.54) is 0 Å². The number of hydrogen-bond donors (Lipinski definition) is 3. The number of phenols is 1. The van der Waals surface area contributed by atoms with Crippen molar-refractivity contribution in [3.8, 4) is 5.75 Å². The van der Waals surface area contributed by atoms with Crippen LogP contribution in [0.15, 0.2) is 18.2 Å². The molecule has 3 N–H and O–H groups in total. The lowest BCUT2D eigenvalue weighted by Gasteiger charge is -2.13. The summed E-state index contributed by atoms with van der Waals surface area (Å²) in [4.78, 5) is 11.5. The summed E-state index contributed by atoms with van der Waals surface area (Å²) >= 11 is 5.02. The van der Waals surface area contributed by atoms with Crippen LogP contribution >= 0.6 is 12.2 Å². The standard InChI is InChI=1S/C13H18N2O2S/c1-4-9-5-6-11(16)10(7-9)14-13(18)15-12(17)8(2)3/h5-8,16H,4H2,1-3H3,(H2,14,15,17,18). The molecule has 1 amide bonds. The van der Waals surface area contributed by atoms with E-state index in [0.29, 0.717) is 5.69 Å². The van der Waals surface area contributed by atoms with Gasteiger partial charge in [-0.15, -0.1) is 0 Å². The molecule has 0 radical (unpaired) electrons. The van der Waals surface area contributed by atoms with Crippen LogP contribution in [0.2, 0.25) is 0 Å². The predicted molar refractivity (Wildman–Crippen MR) is 76.7 cm³/mol. The lowest BCUT2D eigenvalue weighted by atomic mass is 10.1. The van der Waals surface area contributed by atoms with Gasteiger partial charge in [0.15, 0.2) is 5.11 Å². The molecule has 1 aromatic carbocycles. The number of anilines is 1. The normalized spacial score (nSPS) is 10.2. The van der Waals surface area contributed by atoms with Gasteiger partial charge in [-0.3, -0.25) is 4.79 Å². The fourth-order valence-electron chi connectivity index (χ4n) is 1.31.